The molecule has 9 heteroatoms. The topological polar surface area (TPSA) is 93.7 Å². The minimum absolute atomic E-state index is 0.478. The van der Waals surface area contributed by atoms with Gasteiger partial charge in [-0.3, -0.25) is 4.98 Å². The first-order chi connectivity index (χ1) is 17.8. The van der Waals surface area contributed by atoms with Gasteiger partial charge < -0.3 is 29.7 Å². The number of fused-ring (bicyclic) bond motifs is 1. The molecule has 1 aromatic carbocycles. The highest BCUT2D eigenvalue weighted by molar-refractivity contribution is 5.62. The zero-order valence-corrected chi connectivity index (χ0v) is 20.8. The molecule has 2 aliphatic heterocycles. The van der Waals surface area contributed by atoms with Crippen molar-refractivity contribution in [2.24, 2.45) is 0 Å². The number of hydrogen-bond donors (Lipinski definition) is 2. The summed E-state index contributed by atoms with van der Waals surface area (Å²) in [7, 11) is 1.65. The van der Waals surface area contributed by atoms with Crippen LogP contribution in [0.15, 0.2) is 42.7 Å². The molecule has 190 valence electrons. The zero-order chi connectivity index (χ0) is 24.6. The second-order valence-electron chi connectivity index (χ2n) is 9.12. The fraction of sp³-hybridized carbons (Fsp3) is 0.444. The van der Waals surface area contributed by atoms with Crippen LogP contribution < -0.4 is 20.1 Å². The molecule has 2 N–H and O–H groups in total. The molecule has 0 bridgehead atoms. The van der Waals surface area contributed by atoms with E-state index in [1.165, 1.54) is 32.4 Å². The first-order valence-corrected chi connectivity index (χ1v) is 12.7. The monoisotopic (exact) mass is 490 g/mol. The molecule has 9 nitrogen and oxygen atoms in total. The molecule has 5 rings (SSSR count). The van der Waals surface area contributed by atoms with Crippen LogP contribution in [0.5, 0.6) is 11.5 Å². The predicted molar refractivity (Wildman–Crippen MR) is 140 cm³/mol. The largest absolute Gasteiger partial charge is 0.493 e. The summed E-state index contributed by atoms with van der Waals surface area (Å²) in [5.41, 5.74) is 3.89. The van der Waals surface area contributed by atoms with Crippen molar-refractivity contribution < 1.29 is 14.2 Å². The Bertz CT molecular complexity index is 1150. The van der Waals surface area contributed by atoms with Crippen LogP contribution >= 0.6 is 0 Å². The van der Waals surface area contributed by atoms with Crippen molar-refractivity contribution in [3.63, 3.8) is 0 Å². The fourth-order valence-electron chi connectivity index (χ4n) is 4.59. The Balaban J connectivity index is 1.17. The molecule has 3 aromatic rings. The van der Waals surface area contributed by atoms with Crippen molar-refractivity contribution in [3.8, 4) is 11.5 Å². The van der Waals surface area contributed by atoms with Crippen molar-refractivity contribution >= 4 is 23.1 Å². The average Bonchev–Trinajstić information content (AvgIpc) is 2.92. The Hall–Kier alpha value is -3.43. The SMILES string of the molecule is COc1cc(Nc2nccc(Nc3cnc4c(c3)COCC4)n2)ccc1OCCCN1CCCCC1. The van der Waals surface area contributed by atoms with E-state index in [1.807, 2.05) is 30.5 Å². The lowest BCUT2D eigenvalue weighted by Crippen LogP contribution is -2.31. The van der Waals surface area contributed by atoms with Crippen LogP contribution in [-0.2, 0) is 17.8 Å². The molecule has 0 amide bonds. The number of methoxy groups -OCH3 is 1. The van der Waals surface area contributed by atoms with E-state index in [1.54, 1.807) is 13.3 Å². The van der Waals surface area contributed by atoms with E-state index in [0.29, 0.717) is 30.7 Å². The van der Waals surface area contributed by atoms with Gasteiger partial charge in [0, 0.05) is 42.2 Å². The van der Waals surface area contributed by atoms with Crippen LogP contribution in [-0.4, -0.2) is 59.8 Å². The number of nitrogens with one attached hydrogen (secondary N) is 2. The summed E-state index contributed by atoms with van der Waals surface area (Å²) in [5, 5.41) is 6.56. The van der Waals surface area contributed by atoms with E-state index in [4.69, 9.17) is 14.2 Å². The Morgan fingerprint density at radius 2 is 1.92 bits per heavy atom. The maximum Gasteiger partial charge on any atom is 0.229 e. The lowest BCUT2D eigenvalue weighted by molar-refractivity contribution is 0.109. The minimum Gasteiger partial charge on any atom is -0.493 e. The van der Waals surface area contributed by atoms with Gasteiger partial charge in [0.1, 0.15) is 5.82 Å². The Morgan fingerprint density at radius 1 is 1.00 bits per heavy atom. The summed E-state index contributed by atoms with van der Waals surface area (Å²) in [6.45, 7) is 5.49. The molecule has 0 aliphatic carbocycles. The highest BCUT2D eigenvalue weighted by Gasteiger charge is 2.13. The number of likely N-dealkylation sites (tertiary alicyclic amines) is 1. The maximum atomic E-state index is 6.01. The molecule has 1 fully saturated rings. The molecule has 2 aliphatic rings. The van der Waals surface area contributed by atoms with E-state index in [-0.39, 0.29) is 0 Å². The highest BCUT2D eigenvalue weighted by atomic mass is 16.5. The lowest BCUT2D eigenvalue weighted by Gasteiger charge is -2.26. The summed E-state index contributed by atoms with van der Waals surface area (Å²) in [6, 6.07) is 9.65. The summed E-state index contributed by atoms with van der Waals surface area (Å²) in [6.07, 6.45) is 9.38. The number of benzene rings is 1. The van der Waals surface area contributed by atoms with Gasteiger partial charge in [0.25, 0.3) is 0 Å². The van der Waals surface area contributed by atoms with Crippen LogP contribution in [0.4, 0.5) is 23.1 Å². The average molecular weight is 491 g/mol. The Morgan fingerprint density at radius 3 is 2.81 bits per heavy atom. The first-order valence-electron chi connectivity index (χ1n) is 12.7. The van der Waals surface area contributed by atoms with Crippen molar-refractivity contribution in [2.45, 2.75) is 38.7 Å². The third kappa shape index (κ3) is 6.41. The number of nitrogens with zero attached hydrogens (tertiary/aromatic N) is 4. The van der Waals surface area contributed by atoms with Gasteiger partial charge in [-0.2, -0.15) is 4.98 Å². The van der Waals surface area contributed by atoms with Gasteiger partial charge in [0.2, 0.25) is 5.95 Å². The number of anilines is 4. The van der Waals surface area contributed by atoms with E-state index < -0.39 is 0 Å². The predicted octanol–water partition coefficient (Wildman–Crippen LogP) is 4.69. The number of aromatic nitrogens is 3. The van der Waals surface area contributed by atoms with Crippen LogP contribution in [0.25, 0.3) is 0 Å². The second kappa shape index (κ2) is 12.0. The molecular weight excluding hydrogens is 456 g/mol. The molecule has 0 radical (unpaired) electrons. The van der Waals surface area contributed by atoms with Crippen LogP contribution in [0.1, 0.15) is 36.9 Å². The van der Waals surface area contributed by atoms with Gasteiger partial charge in [-0.05, 0) is 56.6 Å². The third-order valence-electron chi connectivity index (χ3n) is 6.47. The van der Waals surface area contributed by atoms with Crippen LogP contribution in [0.2, 0.25) is 0 Å². The maximum absolute atomic E-state index is 6.01. The van der Waals surface area contributed by atoms with E-state index in [2.05, 4.69) is 36.6 Å². The first kappa shape index (κ1) is 24.3. The number of hydrogen-bond acceptors (Lipinski definition) is 9. The highest BCUT2D eigenvalue weighted by Crippen LogP contribution is 2.31. The van der Waals surface area contributed by atoms with E-state index in [9.17, 15) is 0 Å². The molecule has 0 spiro atoms. The summed E-state index contributed by atoms with van der Waals surface area (Å²) in [4.78, 5) is 16.0. The van der Waals surface area contributed by atoms with Crippen molar-refractivity contribution in [1.82, 2.24) is 19.9 Å². The summed E-state index contributed by atoms with van der Waals surface area (Å²) >= 11 is 0. The Kier molecular flexibility index (Phi) is 8.10. The molecule has 0 atom stereocenters. The quantitative estimate of drug-likeness (QED) is 0.392. The van der Waals surface area contributed by atoms with Gasteiger partial charge in [0.15, 0.2) is 11.5 Å². The second-order valence-corrected chi connectivity index (χ2v) is 9.12. The van der Waals surface area contributed by atoms with Crippen molar-refractivity contribution in [1.29, 1.82) is 0 Å². The van der Waals surface area contributed by atoms with E-state index >= 15 is 0 Å². The number of rotatable bonds is 10. The van der Waals surface area contributed by atoms with Crippen LogP contribution in [0, 0.1) is 0 Å². The van der Waals surface area contributed by atoms with Gasteiger partial charge in [0.05, 0.1) is 38.8 Å². The standard InChI is InChI=1S/C27H34N6O3/c1-34-25-17-21(6-7-24(25)36-14-5-13-33-11-3-2-4-12-33)31-27-28-10-8-26(32-27)30-22-16-20-19-35-15-9-23(20)29-18-22/h6-8,10,16-18H,2-5,9,11-15,19H2,1H3,(H2,28,30,31,32). The Labute approximate surface area is 212 Å². The normalized spacial score (nSPS) is 15.7. The lowest BCUT2D eigenvalue weighted by atomic mass is 10.1. The minimum atomic E-state index is 0.478. The number of pyridine rings is 1. The summed E-state index contributed by atoms with van der Waals surface area (Å²) < 4.78 is 17.1. The molecule has 0 saturated carbocycles. The van der Waals surface area contributed by atoms with Gasteiger partial charge in [-0.15, -0.1) is 0 Å². The smallest absolute Gasteiger partial charge is 0.229 e. The van der Waals surface area contributed by atoms with Gasteiger partial charge >= 0.3 is 0 Å². The fourth-order valence-corrected chi connectivity index (χ4v) is 4.59. The molecule has 0 unspecified atom stereocenters. The molecule has 2 aromatic heterocycles. The van der Waals surface area contributed by atoms with Crippen molar-refractivity contribution in [3.05, 3.63) is 54.0 Å². The van der Waals surface area contributed by atoms with Crippen LogP contribution in [0.3, 0.4) is 0 Å². The summed E-state index contributed by atoms with van der Waals surface area (Å²) in [5.74, 6) is 2.56. The van der Waals surface area contributed by atoms with Gasteiger partial charge in [-0.1, -0.05) is 6.42 Å². The molecular formula is C27H34N6O3. The number of piperidine rings is 1. The van der Waals surface area contributed by atoms with E-state index in [0.717, 1.165) is 54.4 Å². The zero-order valence-electron chi connectivity index (χ0n) is 20.8. The van der Waals surface area contributed by atoms with Gasteiger partial charge in [-0.25, -0.2) is 4.98 Å². The number of ether oxygens (including phenoxy) is 3. The molecule has 4 heterocycles. The third-order valence-corrected chi connectivity index (χ3v) is 6.47. The molecule has 36 heavy (non-hydrogen) atoms. The molecule has 1 saturated heterocycles. The van der Waals surface area contributed by atoms with Crippen molar-refractivity contribution in [2.75, 3.05) is 50.6 Å².